The van der Waals surface area contributed by atoms with Crippen molar-refractivity contribution in [2.45, 2.75) is 19.9 Å². The fraction of sp³-hybridized carbons (Fsp3) is 0.176. The predicted molar refractivity (Wildman–Crippen MR) is 164 cm³/mol. The normalized spacial score (nSPS) is 11.8. The monoisotopic (exact) mass is 548 g/mol. The number of aromatic amines is 1. The molecule has 0 fully saturated rings. The third-order valence-corrected chi connectivity index (χ3v) is 7.03. The molecule has 6 nitrogen and oxygen atoms in total. The number of carbonyl (C=O) groups is 1. The Morgan fingerprint density at radius 2 is 1.59 bits per heavy atom. The second kappa shape index (κ2) is 12.6. The van der Waals surface area contributed by atoms with Crippen LogP contribution in [0.15, 0.2) is 108 Å². The summed E-state index contributed by atoms with van der Waals surface area (Å²) in [4.78, 5) is 24.7. The van der Waals surface area contributed by atoms with Gasteiger partial charge in [-0.05, 0) is 55.1 Å². The molecule has 1 aromatic heterocycles. The SMILES string of the molecule is CCC(=O)N(CCN(C)Cc1ccccc1)c1ccc(N=C(c2ccccc2)c2c(O)[nH]c3cc(F)ccc23)cc1. The maximum absolute atomic E-state index is 13.9. The van der Waals surface area contributed by atoms with Crippen LogP contribution in [0, 0.1) is 5.82 Å². The number of fused-ring (bicyclic) bond motifs is 1. The van der Waals surface area contributed by atoms with Gasteiger partial charge in [0.05, 0.1) is 22.5 Å². The lowest BCUT2D eigenvalue weighted by molar-refractivity contribution is -0.118. The number of benzene rings is 4. The molecule has 7 heteroatoms. The van der Waals surface area contributed by atoms with Crippen LogP contribution in [0.2, 0.25) is 0 Å². The Morgan fingerprint density at radius 3 is 2.27 bits per heavy atom. The van der Waals surface area contributed by atoms with Crippen LogP contribution in [0.5, 0.6) is 5.88 Å². The summed E-state index contributed by atoms with van der Waals surface area (Å²) in [6.07, 6.45) is 0.404. The first-order valence-corrected chi connectivity index (χ1v) is 13.7. The molecular formula is C34H33FN4O2. The molecule has 41 heavy (non-hydrogen) atoms. The van der Waals surface area contributed by atoms with Crippen LogP contribution in [-0.2, 0) is 11.3 Å². The molecule has 2 N–H and O–H groups in total. The van der Waals surface area contributed by atoms with Gasteiger partial charge in [0.25, 0.3) is 0 Å². The smallest absolute Gasteiger partial charge is 0.226 e. The van der Waals surface area contributed by atoms with E-state index < -0.39 is 5.82 Å². The molecule has 1 heterocycles. The van der Waals surface area contributed by atoms with Gasteiger partial charge in [-0.1, -0.05) is 67.6 Å². The zero-order valence-corrected chi connectivity index (χ0v) is 23.2. The number of aliphatic imine (C=N–C) groups is 1. The number of rotatable bonds is 10. The number of hydrogen-bond acceptors (Lipinski definition) is 4. The number of hydrogen-bond donors (Lipinski definition) is 2. The highest BCUT2D eigenvalue weighted by molar-refractivity contribution is 6.21. The maximum Gasteiger partial charge on any atom is 0.226 e. The number of carbonyl (C=O) groups excluding carboxylic acids is 1. The van der Waals surface area contributed by atoms with Crippen molar-refractivity contribution in [3.8, 4) is 5.88 Å². The number of nitrogens with zero attached hydrogens (tertiary/aromatic N) is 3. The molecule has 5 rings (SSSR count). The molecule has 0 bridgehead atoms. The lowest BCUT2D eigenvalue weighted by Gasteiger charge is -2.26. The molecule has 0 aliphatic heterocycles. The lowest BCUT2D eigenvalue weighted by atomic mass is 10.0. The van der Waals surface area contributed by atoms with E-state index in [9.17, 15) is 14.3 Å². The molecule has 0 aliphatic carbocycles. The summed E-state index contributed by atoms with van der Waals surface area (Å²) < 4.78 is 13.9. The number of aromatic hydroxyl groups is 1. The molecular weight excluding hydrogens is 515 g/mol. The first-order chi connectivity index (χ1) is 19.9. The van der Waals surface area contributed by atoms with Crippen LogP contribution in [0.4, 0.5) is 15.8 Å². The first kappa shape index (κ1) is 27.8. The van der Waals surface area contributed by atoms with E-state index in [1.807, 2.05) is 84.6 Å². The van der Waals surface area contributed by atoms with E-state index in [4.69, 9.17) is 4.99 Å². The highest BCUT2D eigenvalue weighted by atomic mass is 19.1. The summed E-state index contributed by atoms with van der Waals surface area (Å²) in [6.45, 7) is 3.96. The van der Waals surface area contributed by atoms with E-state index in [0.717, 1.165) is 24.3 Å². The van der Waals surface area contributed by atoms with Crippen molar-refractivity contribution in [3.05, 3.63) is 126 Å². The van der Waals surface area contributed by atoms with Crippen LogP contribution < -0.4 is 4.90 Å². The van der Waals surface area contributed by atoms with Crippen molar-refractivity contribution >= 4 is 33.9 Å². The Balaban J connectivity index is 1.43. The highest BCUT2D eigenvalue weighted by Crippen LogP contribution is 2.32. The molecule has 0 atom stereocenters. The van der Waals surface area contributed by atoms with Gasteiger partial charge < -0.3 is 19.9 Å². The van der Waals surface area contributed by atoms with Crippen LogP contribution >= 0.6 is 0 Å². The topological polar surface area (TPSA) is 71.9 Å². The van der Waals surface area contributed by atoms with Crippen LogP contribution in [-0.4, -0.2) is 46.7 Å². The van der Waals surface area contributed by atoms with Crippen LogP contribution in [0.25, 0.3) is 10.9 Å². The fourth-order valence-corrected chi connectivity index (χ4v) is 4.93. The van der Waals surface area contributed by atoms with E-state index >= 15 is 0 Å². The zero-order chi connectivity index (χ0) is 28.8. The summed E-state index contributed by atoms with van der Waals surface area (Å²) in [7, 11) is 2.05. The molecule has 0 radical (unpaired) electrons. The minimum absolute atomic E-state index is 0.0512. The van der Waals surface area contributed by atoms with E-state index in [0.29, 0.717) is 40.8 Å². The van der Waals surface area contributed by atoms with Crippen molar-refractivity contribution in [1.82, 2.24) is 9.88 Å². The average molecular weight is 549 g/mol. The zero-order valence-electron chi connectivity index (χ0n) is 23.2. The second-order valence-electron chi connectivity index (χ2n) is 10.0. The number of aromatic nitrogens is 1. The largest absolute Gasteiger partial charge is 0.494 e. The Hall–Kier alpha value is -4.75. The molecule has 4 aromatic carbocycles. The maximum atomic E-state index is 13.9. The quantitative estimate of drug-likeness (QED) is 0.184. The number of anilines is 1. The van der Waals surface area contributed by atoms with Crippen molar-refractivity contribution in [2.24, 2.45) is 4.99 Å². The number of halogens is 1. The standard InChI is InChI=1S/C34H33FN4O2/c1-3-31(40)39(21-20-38(2)23-24-10-6-4-7-11-24)28-17-15-27(16-18-28)36-33(25-12-8-5-9-13-25)32-29-19-14-26(35)22-30(29)37-34(32)41/h4-19,22,37,41H,3,20-21,23H2,1-2H3. The minimum atomic E-state index is -0.392. The fourth-order valence-electron chi connectivity index (χ4n) is 4.93. The molecule has 208 valence electrons. The summed E-state index contributed by atoms with van der Waals surface area (Å²) in [5.74, 6) is -0.420. The second-order valence-corrected chi connectivity index (χ2v) is 10.0. The molecule has 0 saturated carbocycles. The van der Waals surface area contributed by atoms with Gasteiger partial charge in [0, 0.05) is 42.7 Å². The summed E-state index contributed by atoms with van der Waals surface area (Å²) in [6, 6.07) is 31.7. The van der Waals surface area contributed by atoms with Gasteiger partial charge in [0.15, 0.2) is 5.88 Å². The first-order valence-electron chi connectivity index (χ1n) is 13.7. The van der Waals surface area contributed by atoms with E-state index in [1.165, 1.54) is 17.7 Å². The summed E-state index contributed by atoms with van der Waals surface area (Å²) in [5.41, 5.74) is 5.04. The van der Waals surface area contributed by atoms with Crippen molar-refractivity contribution in [2.75, 3.05) is 25.0 Å². The van der Waals surface area contributed by atoms with Gasteiger partial charge in [0.1, 0.15) is 5.82 Å². The van der Waals surface area contributed by atoms with Crippen molar-refractivity contribution < 1.29 is 14.3 Å². The Kier molecular flexibility index (Phi) is 8.56. The Labute approximate surface area is 239 Å². The van der Waals surface area contributed by atoms with Gasteiger partial charge in [-0.25, -0.2) is 9.38 Å². The number of nitrogens with one attached hydrogen (secondary N) is 1. The van der Waals surface area contributed by atoms with Crippen molar-refractivity contribution in [3.63, 3.8) is 0 Å². The molecule has 0 spiro atoms. The molecule has 5 aromatic rings. The Bertz CT molecular complexity index is 1650. The molecule has 0 saturated heterocycles. The molecule has 0 aliphatic rings. The van der Waals surface area contributed by atoms with E-state index in [2.05, 4.69) is 29.1 Å². The molecule has 0 unspecified atom stereocenters. The van der Waals surface area contributed by atoms with E-state index in [-0.39, 0.29) is 11.8 Å². The number of amides is 1. The summed E-state index contributed by atoms with van der Waals surface area (Å²) in [5, 5.41) is 11.5. The Morgan fingerprint density at radius 1 is 0.902 bits per heavy atom. The third kappa shape index (κ3) is 6.53. The summed E-state index contributed by atoms with van der Waals surface area (Å²) >= 11 is 0. The molecule has 1 amide bonds. The lowest BCUT2D eigenvalue weighted by Crippen LogP contribution is -2.37. The van der Waals surface area contributed by atoms with Gasteiger partial charge >= 0.3 is 0 Å². The van der Waals surface area contributed by atoms with Gasteiger partial charge in [-0.2, -0.15) is 0 Å². The van der Waals surface area contributed by atoms with E-state index in [1.54, 1.807) is 6.07 Å². The van der Waals surface area contributed by atoms with Crippen LogP contribution in [0.3, 0.4) is 0 Å². The average Bonchev–Trinajstić information content (AvgIpc) is 3.31. The predicted octanol–water partition coefficient (Wildman–Crippen LogP) is 7.06. The van der Waals surface area contributed by atoms with Gasteiger partial charge in [-0.3, -0.25) is 4.79 Å². The highest BCUT2D eigenvalue weighted by Gasteiger charge is 2.20. The van der Waals surface area contributed by atoms with Gasteiger partial charge in [-0.15, -0.1) is 0 Å². The minimum Gasteiger partial charge on any atom is -0.494 e. The third-order valence-electron chi connectivity index (χ3n) is 7.03. The number of H-pyrrole nitrogens is 1. The van der Waals surface area contributed by atoms with Gasteiger partial charge in [0.2, 0.25) is 5.91 Å². The van der Waals surface area contributed by atoms with Crippen molar-refractivity contribution in [1.29, 1.82) is 0 Å². The van der Waals surface area contributed by atoms with Crippen LogP contribution in [0.1, 0.15) is 30.0 Å². The number of likely N-dealkylation sites (N-methyl/N-ethyl adjacent to an activating group) is 1.